The summed E-state index contributed by atoms with van der Waals surface area (Å²) in [6, 6.07) is 0. The molecule has 0 radical (unpaired) electrons. The van der Waals surface area contributed by atoms with Gasteiger partial charge in [0.15, 0.2) is 9.84 Å². The SMILES string of the molecule is CS(=O)(=O)/C=C\C1CNC1. The highest BCUT2D eigenvalue weighted by molar-refractivity contribution is 7.93. The van der Waals surface area contributed by atoms with Crippen LogP contribution in [-0.4, -0.2) is 27.8 Å². The van der Waals surface area contributed by atoms with Gasteiger partial charge < -0.3 is 5.32 Å². The predicted molar refractivity (Wildman–Crippen MR) is 40.3 cm³/mol. The van der Waals surface area contributed by atoms with Crippen molar-refractivity contribution in [2.24, 2.45) is 5.92 Å². The molecule has 1 heterocycles. The molecule has 3 nitrogen and oxygen atoms in total. The number of sulfone groups is 1. The molecule has 0 aromatic heterocycles. The molecule has 0 amide bonds. The second-order valence-corrected chi connectivity index (χ2v) is 4.51. The molecule has 4 heteroatoms. The molecule has 0 unspecified atom stereocenters. The summed E-state index contributed by atoms with van der Waals surface area (Å²) >= 11 is 0. The first-order chi connectivity index (χ1) is 4.58. The molecule has 0 aromatic rings. The van der Waals surface area contributed by atoms with Crippen LogP contribution in [0.4, 0.5) is 0 Å². The molecule has 1 N–H and O–H groups in total. The lowest BCUT2D eigenvalue weighted by molar-refractivity contribution is 0.419. The van der Waals surface area contributed by atoms with Gasteiger partial charge in [-0.15, -0.1) is 0 Å². The molecule has 10 heavy (non-hydrogen) atoms. The van der Waals surface area contributed by atoms with Crippen molar-refractivity contribution in [2.45, 2.75) is 0 Å². The third-order valence-corrected chi connectivity index (χ3v) is 2.06. The van der Waals surface area contributed by atoms with Crippen molar-refractivity contribution in [3.05, 3.63) is 11.5 Å². The maximum atomic E-state index is 10.6. The average Bonchev–Trinajstić information content (AvgIpc) is 1.56. The summed E-state index contributed by atoms with van der Waals surface area (Å²) in [5.41, 5.74) is 0. The van der Waals surface area contributed by atoms with E-state index in [4.69, 9.17) is 0 Å². The smallest absolute Gasteiger partial charge is 0.168 e. The topological polar surface area (TPSA) is 46.2 Å². The normalized spacial score (nSPS) is 21.3. The highest BCUT2D eigenvalue weighted by Gasteiger charge is 2.12. The first-order valence-corrected chi connectivity index (χ1v) is 5.12. The van der Waals surface area contributed by atoms with Gasteiger partial charge in [-0.05, 0) is 0 Å². The summed E-state index contributed by atoms with van der Waals surface area (Å²) in [4.78, 5) is 0. The predicted octanol–water partition coefficient (Wildman–Crippen LogP) is -0.236. The van der Waals surface area contributed by atoms with Crippen LogP contribution in [0.3, 0.4) is 0 Å². The van der Waals surface area contributed by atoms with Crippen LogP contribution in [-0.2, 0) is 9.84 Å². The molecule has 0 spiro atoms. The van der Waals surface area contributed by atoms with Crippen LogP contribution >= 0.6 is 0 Å². The third-order valence-electron chi connectivity index (χ3n) is 1.41. The van der Waals surface area contributed by atoms with Gasteiger partial charge in [-0.2, -0.15) is 0 Å². The minimum Gasteiger partial charge on any atom is -0.315 e. The zero-order valence-electron chi connectivity index (χ0n) is 5.87. The van der Waals surface area contributed by atoms with Crippen LogP contribution in [0.5, 0.6) is 0 Å². The maximum absolute atomic E-state index is 10.6. The second kappa shape index (κ2) is 2.72. The Labute approximate surface area is 61.0 Å². The molecule has 0 bridgehead atoms. The standard InChI is InChI=1S/C6H11NO2S/c1-10(8,9)3-2-6-4-7-5-6/h2-3,6-7H,4-5H2,1H3/b3-2-. The molecule has 0 aromatic carbocycles. The Hall–Kier alpha value is -0.350. The third kappa shape index (κ3) is 2.49. The largest absolute Gasteiger partial charge is 0.315 e. The lowest BCUT2D eigenvalue weighted by Crippen LogP contribution is -2.40. The number of rotatable bonds is 2. The Morgan fingerprint density at radius 3 is 2.40 bits per heavy atom. The van der Waals surface area contributed by atoms with Crippen LogP contribution in [0.15, 0.2) is 11.5 Å². The van der Waals surface area contributed by atoms with Crippen LogP contribution in [0, 0.1) is 5.92 Å². The van der Waals surface area contributed by atoms with E-state index < -0.39 is 9.84 Å². The summed E-state index contributed by atoms with van der Waals surface area (Å²) in [6.07, 6.45) is 2.95. The summed E-state index contributed by atoms with van der Waals surface area (Å²) in [5, 5.41) is 4.33. The van der Waals surface area contributed by atoms with Gasteiger partial charge in [-0.1, -0.05) is 6.08 Å². The van der Waals surface area contributed by atoms with Crippen LogP contribution in [0.25, 0.3) is 0 Å². The van der Waals surface area contributed by atoms with Gasteiger partial charge in [0.2, 0.25) is 0 Å². The summed E-state index contributed by atoms with van der Waals surface area (Å²) in [5.74, 6) is 0.426. The van der Waals surface area contributed by atoms with Gasteiger partial charge in [0.1, 0.15) is 0 Å². The molecule has 0 saturated carbocycles. The fourth-order valence-electron chi connectivity index (χ4n) is 0.701. The van der Waals surface area contributed by atoms with Crippen molar-refractivity contribution in [2.75, 3.05) is 19.3 Å². The Morgan fingerprint density at radius 2 is 2.10 bits per heavy atom. The molecule has 1 aliphatic heterocycles. The number of hydrogen-bond donors (Lipinski definition) is 1. The molecule has 1 aliphatic rings. The van der Waals surface area contributed by atoms with E-state index in [1.807, 2.05) is 0 Å². The van der Waals surface area contributed by atoms with Gasteiger partial charge >= 0.3 is 0 Å². The molecular weight excluding hydrogens is 150 g/mol. The van der Waals surface area contributed by atoms with E-state index in [0.29, 0.717) is 5.92 Å². The van der Waals surface area contributed by atoms with Crippen molar-refractivity contribution in [3.63, 3.8) is 0 Å². The van der Waals surface area contributed by atoms with Crippen molar-refractivity contribution < 1.29 is 8.42 Å². The highest BCUT2D eigenvalue weighted by atomic mass is 32.2. The minimum absolute atomic E-state index is 0.426. The van der Waals surface area contributed by atoms with Crippen LogP contribution < -0.4 is 5.32 Å². The van der Waals surface area contributed by atoms with Crippen LogP contribution in [0.1, 0.15) is 0 Å². The first kappa shape index (κ1) is 7.75. The molecule has 1 fully saturated rings. The Kier molecular flexibility index (Phi) is 2.11. The number of hydrogen-bond acceptors (Lipinski definition) is 3. The van der Waals surface area contributed by atoms with Crippen molar-refractivity contribution in [3.8, 4) is 0 Å². The zero-order chi connectivity index (χ0) is 7.61. The zero-order valence-corrected chi connectivity index (χ0v) is 6.69. The van der Waals surface area contributed by atoms with E-state index in [1.165, 1.54) is 11.7 Å². The minimum atomic E-state index is -2.90. The molecule has 0 atom stereocenters. The molecule has 58 valence electrons. The molecule has 0 aliphatic carbocycles. The lowest BCUT2D eigenvalue weighted by Gasteiger charge is -2.23. The maximum Gasteiger partial charge on any atom is 0.168 e. The Bertz CT molecular complexity index is 226. The summed E-state index contributed by atoms with van der Waals surface area (Å²) < 4.78 is 21.1. The van der Waals surface area contributed by atoms with E-state index >= 15 is 0 Å². The second-order valence-electron chi connectivity index (χ2n) is 2.58. The van der Waals surface area contributed by atoms with Gasteiger partial charge in [0.05, 0.1) is 0 Å². The van der Waals surface area contributed by atoms with E-state index in [9.17, 15) is 8.42 Å². The van der Waals surface area contributed by atoms with E-state index in [-0.39, 0.29) is 0 Å². The van der Waals surface area contributed by atoms with Crippen molar-refractivity contribution >= 4 is 9.84 Å². The van der Waals surface area contributed by atoms with Crippen LogP contribution in [0.2, 0.25) is 0 Å². The quantitative estimate of drug-likeness (QED) is 0.608. The Morgan fingerprint density at radius 1 is 1.50 bits per heavy atom. The summed E-state index contributed by atoms with van der Waals surface area (Å²) in [6.45, 7) is 1.82. The van der Waals surface area contributed by atoms with Gasteiger partial charge in [0.25, 0.3) is 0 Å². The fraction of sp³-hybridized carbons (Fsp3) is 0.667. The molecule has 1 saturated heterocycles. The van der Waals surface area contributed by atoms with E-state index in [2.05, 4.69) is 5.32 Å². The van der Waals surface area contributed by atoms with E-state index in [1.54, 1.807) is 6.08 Å². The van der Waals surface area contributed by atoms with Gasteiger partial charge in [-0.25, -0.2) is 8.42 Å². The van der Waals surface area contributed by atoms with Crippen molar-refractivity contribution in [1.82, 2.24) is 5.32 Å². The highest BCUT2D eigenvalue weighted by Crippen LogP contribution is 2.04. The molecule has 1 rings (SSSR count). The monoisotopic (exact) mass is 161 g/mol. The van der Waals surface area contributed by atoms with Crippen molar-refractivity contribution in [1.29, 1.82) is 0 Å². The van der Waals surface area contributed by atoms with Gasteiger partial charge in [0, 0.05) is 30.7 Å². The van der Waals surface area contributed by atoms with Gasteiger partial charge in [-0.3, -0.25) is 0 Å². The number of nitrogens with one attached hydrogen (secondary N) is 1. The fourth-order valence-corrected chi connectivity index (χ4v) is 1.21. The first-order valence-electron chi connectivity index (χ1n) is 3.17. The lowest BCUT2D eigenvalue weighted by atomic mass is 10.1. The summed E-state index contributed by atoms with van der Waals surface area (Å²) in [7, 11) is -2.90. The van der Waals surface area contributed by atoms with E-state index in [0.717, 1.165) is 13.1 Å². The average molecular weight is 161 g/mol. The molecular formula is C6H11NO2S. The Balaban J connectivity index is 2.43.